The van der Waals surface area contributed by atoms with Crippen molar-refractivity contribution in [1.29, 1.82) is 0 Å². The molecule has 0 spiro atoms. The van der Waals surface area contributed by atoms with E-state index in [0.29, 0.717) is 25.1 Å². The van der Waals surface area contributed by atoms with Gasteiger partial charge in [0.2, 0.25) is 0 Å². The molecule has 3 aromatic carbocycles. The van der Waals surface area contributed by atoms with Gasteiger partial charge in [0.1, 0.15) is 12.4 Å². The molecule has 0 saturated carbocycles. The zero-order valence-corrected chi connectivity index (χ0v) is 24.9. The number of thioether (sulfide) groups is 1. The van der Waals surface area contributed by atoms with Crippen molar-refractivity contribution in [1.82, 2.24) is 15.2 Å². The van der Waals surface area contributed by atoms with Crippen molar-refractivity contribution in [3.8, 4) is 5.75 Å². The highest BCUT2D eigenvalue weighted by molar-refractivity contribution is 7.99. The summed E-state index contributed by atoms with van der Waals surface area (Å²) >= 11 is 1.97. The maximum atomic E-state index is 13.1. The second-order valence-corrected chi connectivity index (χ2v) is 12.5. The van der Waals surface area contributed by atoms with Gasteiger partial charge < -0.3 is 15.0 Å². The summed E-state index contributed by atoms with van der Waals surface area (Å²) in [5, 5.41) is 3.20. The summed E-state index contributed by atoms with van der Waals surface area (Å²) in [6, 6.07) is 31.2. The first-order valence-electron chi connectivity index (χ1n) is 15.1. The molecule has 1 amide bonds. The highest BCUT2D eigenvalue weighted by Crippen LogP contribution is 2.44. The van der Waals surface area contributed by atoms with Crippen LogP contribution in [0.3, 0.4) is 0 Å². The van der Waals surface area contributed by atoms with Gasteiger partial charge in [-0.3, -0.25) is 9.78 Å². The number of carbonyl (C=O) groups is 1. The van der Waals surface area contributed by atoms with Crippen LogP contribution in [0.5, 0.6) is 5.75 Å². The molecule has 0 radical (unpaired) electrons. The van der Waals surface area contributed by atoms with Crippen LogP contribution in [0.25, 0.3) is 0 Å². The minimum absolute atomic E-state index is 0.0617. The third-order valence-corrected chi connectivity index (χ3v) is 9.69. The molecule has 0 bridgehead atoms. The van der Waals surface area contributed by atoms with Gasteiger partial charge in [-0.1, -0.05) is 60.7 Å². The molecule has 6 heteroatoms. The van der Waals surface area contributed by atoms with E-state index in [9.17, 15) is 4.79 Å². The van der Waals surface area contributed by atoms with E-state index in [1.165, 1.54) is 49.0 Å². The monoisotopic (exact) mass is 577 g/mol. The summed E-state index contributed by atoms with van der Waals surface area (Å²) in [4.78, 5) is 20.1. The van der Waals surface area contributed by atoms with E-state index in [4.69, 9.17) is 4.74 Å². The minimum Gasteiger partial charge on any atom is -0.489 e. The second kappa shape index (κ2) is 14.0. The van der Waals surface area contributed by atoms with Crippen molar-refractivity contribution in [2.75, 3.05) is 31.9 Å². The van der Waals surface area contributed by atoms with Gasteiger partial charge in [-0.2, -0.15) is 0 Å². The standard InChI is InChI=1S/C36H39N3O2S/c40-36(38-19-15-31-11-6-7-18-37-31)29-13-14-34-33(25-29)35(32-12-5-4-10-30(32)26-41-34)42-23-22-39-20-16-28(17-21-39)24-27-8-2-1-3-9-27/h1-14,18,25,28,35H,15-17,19-24,26H2,(H,38,40). The van der Waals surface area contributed by atoms with Crippen molar-refractivity contribution < 1.29 is 9.53 Å². The number of piperidine rings is 1. The van der Waals surface area contributed by atoms with Crippen molar-refractivity contribution in [2.45, 2.75) is 37.5 Å². The van der Waals surface area contributed by atoms with Crippen LogP contribution in [0.4, 0.5) is 0 Å². The molecule has 3 heterocycles. The van der Waals surface area contributed by atoms with Gasteiger partial charge in [-0.05, 0) is 85.3 Å². The summed E-state index contributed by atoms with van der Waals surface area (Å²) in [6.07, 6.45) is 6.21. The maximum Gasteiger partial charge on any atom is 0.251 e. The lowest BCUT2D eigenvalue weighted by Crippen LogP contribution is -2.35. The Morgan fingerprint density at radius 2 is 1.74 bits per heavy atom. The summed E-state index contributed by atoms with van der Waals surface area (Å²) in [6.45, 7) is 4.51. The molecule has 1 unspecified atom stereocenters. The van der Waals surface area contributed by atoms with Crippen LogP contribution < -0.4 is 10.1 Å². The quantitative estimate of drug-likeness (QED) is 0.227. The molecule has 5 nitrogen and oxygen atoms in total. The fourth-order valence-electron chi connectivity index (χ4n) is 6.06. The number of fused-ring (bicyclic) bond motifs is 2. The number of aromatic nitrogens is 1. The van der Waals surface area contributed by atoms with E-state index in [0.717, 1.165) is 35.2 Å². The highest BCUT2D eigenvalue weighted by atomic mass is 32.2. The Morgan fingerprint density at radius 3 is 2.57 bits per heavy atom. The lowest BCUT2D eigenvalue weighted by molar-refractivity contribution is 0.0954. The molecule has 1 N–H and O–H groups in total. The van der Waals surface area contributed by atoms with Crippen LogP contribution in [0.1, 0.15) is 56.4 Å². The first-order valence-corrected chi connectivity index (χ1v) is 16.2. The molecular formula is C36H39N3O2S. The van der Waals surface area contributed by atoms with Gasteiger partial charge >= 0.3 is 0 Å². The Morgan fingerprint density at radius 1 is 0.929 bits per heavy atom. The summed E-state index contributed by atoms with van der Waals surface area (Å²) < 4.78 is 6.27. The summed E-state index contributed by atoms with van der Waals surface area (Å²) in [5.41, 5.74) is 6.69. The summed E-state index contributed by atoms with van der Waals surface area (Å²) in [7, 11) is 0. The topological polar surface area (TPSA) is 54.5 Å². The van der Waals surface area contributed by atoms with Crippen LogP contribution in [0, 0.1) is 5.92 Å². The first kappa shape index (κ1) is 28.5. The van der Waals surface area contributed by atoms with Crippen LogP contribution in [0.2, 0.25) is 0 Å². The molecule has 2 aliphatic heterocycles. The van der Waals surface area contributed by atoms with Gasteiger partial charge in [-0.25, -0.2) is 0 Å². The van der Waals surface area contributed by atoms with Crippen molar-refractivity contribution in [3.63, 3.8) is 0 Å². The Bertz CT molecular complexity index is 1460. The van der Waals surface area contributed by atoms with Crippen LogP contribution in [0.15, 0.2) is 97.2 Å². The fourth-order valence-corrected chi connectivity index (χ4v) is 7.44. The number of hydrogen-bond donors (Lipinski definition) is 1. The number of amides is 1. The Kier molecular flexibility index (Phi) is 9.53. The molecule has 6 rings (SSSR count). The smallest absolute Gasteiger partial charge is 0.251 e. The maximum absolute atomic E-state index is 13.1. The SMILES string of the molecule is O=C(NCCc1ccccn1)c1ccc2c(c1)C(SCCN1CCC(Cc3ccccc3)CC1)c1ccccc1CO2. The zero-order valence-electron chi connectivity index (χ0n) is 24.1. The van der Waals surface area contributed by atoms with Gasteiger partial charge in [0.25, 0.3) is 5.91 Å². The number of pyridine rings is 1. The highest BCUT2D eigenvalue weighted by Gasteiger charge is 2.27. The molecule has 42 heavy (non-hydrogen) atoms. The molecule has 4 aromatic rings. The molecule has 1 saturated heterocycles. The largest absolute Gasteiger partial charge is 0.489 e. The molecule has 1 fully saturated rings. The van der Waals surface area contributed by atoms with E-state index in [2.05, 4.69) is 69.8 Å². The number of nitrogens with zero attached hydrogens (tertiary/aromatic N) is 2. The van der Waals surface area contributed by atoms with Crippen molar-refractivity contribution in [2.24, 2.45) is 5.92 Å². The van der Waals surface area contributed by atoms with Gasteiger partial charge in [0.05, 0.1) is 5.25 Å². The number of nitrogens with one attached hydrogen (secondary N) is 1. The number of rotatable bonds is 10. The van der Waals surface area contributed by atoms with E-state index in [1.54, 1.807) is 6.20 Å². The van der Waals surface area contributed by atoms with E-state index in [-0.39, 0.29) is 11.2 Å². The third-order valence-electron chi connectivity index (χ3n) is 8.43. The van der Waals surface area contributed by atoms with E-state index in [1.807, 2.05) is 48.2 Å². The third kappa shape index (κ3) is 7.23. The Labute approximate surface area is 253 Å². The molecule has 216 valence electrons. The number of ether oxygens (including phenoxy) is 1. The predicted molar refractivity (Wildman–Crippen MR) is 171 cm³/mol. The number of benzene rings is 3. The van der Waals surface area contributed by atoms with Crippen molar-refractivity contribution in [3.05, 3.63) is 131 Å². The normalized spacial score (nSPS) is 17.0. The van der Waals surface area contributed by atoms with Crippen LogP contribution in [-0.2, 0) is 19.4 Å². The Balaban J connectivity index is 1.09. The average Bonchev–Trinajstić information content (AvgIpc) is 3.19. The number of carbonyl (C=O) groups excluding carboxylic acids is 1. The van der Waals surface area contributed by atoms with Crippen LogP contribution >= 0.6 is 11.8 Å². The van der Waals surface area contributed by atoms with Gasteiger partial charge in [-0.15, -0.1) is 11.8 Å². The molecule has 2 aliphatic rings. The fraction of sp³-hybridized carbons (Fsp3) is 0.333. The first-order chi connectivity index (χ1) is 20.7. The zero-order chi connectivity index (χ0) is 28.6. The Hall–Kier alpha value is -3.61. The summed E-state index contributed by atoms with van der Waals surface area (Å²) in [5.74, 6) is 2.62. The molecule has 0 aliphatic carbocycles. The molecular weight excluding hydrogens is 538 g/mol. The number of hydrogen-bond acceptors (Lipinski definition) is 5. The van der Waals surface area contributed by atoms with Gasteiger partial charge in [0.15, 0.2) is 0 Å². The second-order valence-electron chi connectivity index (χ2n) is 11.3. The number of likely N-dealkylation sites (tertiary alicyclic amines) is 1. The lowest BCUT2D eigenvalue weighted by atomic mass is 9.90. The van der Waals surface area contributed by atoms with Crippen molar-refractivity contribution >= 4 is 17.7 Å². The van der Waals surface area contributed by atoms with Gasteiger partial charge in [0, 0.05) is 48.3 Å². The van der Waals surface area contributed by atoms with Crippen LogP contribution in [-0.4, -0.2) is 47.7 Å². The van der Waals surface area contributed by atoms with E-state index >= 15 is 0 Å². The molecule has 1 aromatic heterocycles. The molecule has 1 atom stereocenters. The lowest BCUT2D eigenvalue weighted by Gasteiger charge is -2.32. The minimum atomic E-state index is -0.0617. The predicted octanol–water partition coefficient (Wildman–Crippen LogP) is 6.72. The van der Waals surface area contributed by atoms with E-state index < -0.39 is 0 Å². The average molecular weight is 578 g/mol.